The molecule has 4 aromatic rings. The highest BCUT2D eigenvalue weighted by atomic mass is 16.5. The molecule has 0 saturated heterocycles. The number of aromatic amines is 1. The Morgan fingerprint density at radius 3 is 2.61 bits per heavy atom. The minimum absolute atomic E-state index is 0.0518. The minimum Gasteiger partial charge on any atom is -0.497 e. The first-order valence-corrected chi connectivity index (χ1v) is 9.00. The maximum Gasteiger partial charge on any atom is 0.354 e. The van der Waals surface area contributed by atoms with E-state index in [1.54, 1.807) is 13.2 Å². The van der Waals surface area contributed by atoms with Gasteiger partial charge in [0.25, 0.3) is 0 Å². The van der Waals surface area contributed by atoms with Gasteiger partial charge in [-0.25, -0.2) is 9.78 Å². The second-order valence-corrected chi connectivity index (χ2v) is 6.75. The van der Waals surface area contributed by atoms with Crippen molar-refractivity contribution < 1.29 is 14.6 Å². The van der Waals surface area contributed by atoms with E-state index >= 15 is 0 Å². The second kappa shape index (κ2) is 7.19. The highest BCUT2D eigenvalue weighted by Gasteiger charge is 2.16. The largest absolute Gasteiger partial charge is 0.497 e. The van der Waals surface area contributed by atoms with Gasteiger partial charge in [-0.2, -0.15) is 0 Å². The lowest BCUT2D eigenvalue weighted by Gasteiger charge is -2.07. The van der Waals surface area contributed by atoms with E-state index in [9.17, 15) is 9.90 Å². The SMILES string of the molecule is COc1ccc2c(Cc3cccc(C(=O)O)n3)c(-c3ccc(C)cc3)[nH]c2c1. The molecule has 0 amide bonds. The molecule has 0 atom stereocenters. The zero-order valence-corrected chi connectivity index (χ0v) is 15.7. The number of aromatic nitrogens is 2. The van der Waals surface area contributed by atoms with Gasteiger partial charge >= 0.3 is 5.97 Å². The summed E-state index contributed by atoms with van der Waals surface area (Å²) in [4.78, 5) is 19.1. The van der Waals surface area contributed by atoms with E-state index in [2.05, 4.69) is 41.2 Å². The van der Waals surface area contributed by atoms with Gasteiger partial charge in [0.1, 0.15) is 11.4 Å². The van der Waals surface area contributed by atoms with Crippen LogP contribution in [0.15, 0.2) is 60.7 Å². The summed E-state index contributed by atoms with van der Waals surface area (Å²) < 4.78 is 5.36. The molecule has 0 bridgehead atoms. The Morgan fingerprint density at radius 2 is 1.89 bits per heavy atom. The Labute approximate surface area is 162 Å². The molecule has 2 aromatic heterocycles. The van der Waals surface area contributed by atoms with Crippen LogP contribution in [0.1, 0.15) is 27.3 Å². The van der Waals surface area contributed by atoms with E-state index in [-0.39, 0.29) is 5.69 Å². The third kappa shape index (κ3) is 3.34. The predicted octanol–water partition coefficient (Wildman–Crippen LogP) is 4.84. The highest BCUT2D eigenvalue weighted by Crippen LogP contribution is 2.33. The van der Waals surface area contributed by atoms with Gasteiger partial charge in [-0.15, -0.1) is 0 Å². The summed E-state index contributed by atoms with van der Waals surface area (Å²) in [6, 6.07) is 19.3. The third-order valence-corrected chi connectivity index (χ3v) is 4.84. The Kier molecular flexibility index (Phi) is 4.57. The van der Waals surface area contributed by atoms with Crippen LogP contribution in [0.2, 0.25) is 0 Å². The lowest BCUT2D eigenvalue weighted by Crippen LogP contribution is -2.03. The molecule has 0 aliphatic rings. The number of fused-ring (bicyclic) bond motifs is 1. The van der Waals surface area contributed by atoms with Crippen molar-refractivity contribution in [3.05, 3.63) is 83.2 Å². The maximum atomic E-state index is 11.3. The molecule has 2 aromatic carbocycles. The molecule has 0 radical (unpaired) electrons. The average Bonchev–Trinajstić information content (AvgIpc) is 3.06. The molecule has 0 aliphatic carbocycles. The van der Waals surface area contributed by atoms with E-state index < -0.39 is 5.97 Å². The molecule has 0 aliphatic heterocycles. The van der Waals surface area contributed by atoms with Crippen molar-refractivity contribution in [3.63, 3.8) is 0 Å². The van der Waals surface area contributed by atoms with Gasteiger partial charge in [-0.05, 0) is 42.3 Å². The van der Waals surface area contributed by atoms with Crippen LogP contribution in [-0.4, -0.2) is 28.2 Å². The average molecular weight is 372 g/mol. The smallest absolute Gasteiger partial charge is 0.354 e. The highest BCUT2D eigenvalue weighted by molar-refractivity contribution is 5.92. The van der Waals surface area contributed by atoms with Crippen LogP contribution in [0.5, 0.6) is 5.75 Å². The maximum absolute atomic E-state index is 11.3. The van der Waals surface area contributed by atoms with Gasteiger partial charge in [0.15, 0.2) is 0 Å². The summed E-state index contributed by atoms with van der Waals surface area (Å²) in [7, 11) is 1.65. The summed E-state index contributed by atoms with van der Waals surface area (Å²) in [5, 5.41) is 10.3. The number of carboxylic acids is 1. The zero-order chi connectivity index (χ0) is 19.7. The monoisotopic (exact) mass is 372 g/mol. The summed E-state index contributed by atoms with van der Waals surface area (Å²) in [5.41, 5.74) is 6.09. The fourth-order valence-electron chi connectivity index (χ4n) is 3.39. The standard InChI is InChI=1S/C23H20N2O3/c1-14-6-8-15(9-7-14)22-19(12-16-4-3-5-20(24-16)23(26)27)18-11-10-17(28-2)13-21(18)25-22/h3-11,13,25H,12H2,1-2H3,(H,26,27). The second-order valence-electron chi connectivity index (χ2n) is 6.75. The van der Waals surface area contributed by atoms with Crippen molar-refractivity contribution in [3.8, 4) is 17.0 Å². The molecular formula is C23H20N2O3. The van der Waals surface area contributed by atoms with Crippen LogP contribution in [0, 0.1) is 6.92 Å². The number of aromatic carboxylic acids is 1. The lowest BCUT2D eigenvalue weighted by atomic mass is 10.00. The Balaban J connectivity index is 1.87. The topological polar surface area (TPSA) is 75.2 Å². The van der Waals surface area contributed by atoms with Crippen LogP contribution in [0.25, 0.3) is 22.2 Å². The molecule has 5 nitrogen and oxygen atoms in total. The van der Waals surface area contributed by atoms with Crippen LogP contribution < -0.4 is 4.74 Å². The number of H-pyrrole nitrogens is 1. The van der Waals surface area contributed by atoms with Crippen molar-refractivity contribution in [1.29, 1.82) is 0 Å². The molecule has 0 unspecified atom stereocenters. The number of pyridine rings is 1. The molecule has 140 valence electrons. The van der Waals surface area contributed by atoms with Gasteiger partial charge < -0.3 is 14.8 Å². The molecule has 0 spiro atoms. The number of aryl methyl sites for hydroxylation is 1. The van der Waals surface area contributed by atoms with Crippen LogP contribution >= 0.6 is 0 Å². The molecule has 2 N–H and O–H groups in total. The summed E-state index contributed by atoms with van der Waals surface area (Å²) in [6.45, 7) is 2.06. The van der Waals surface area contributed by atoms with E-state index in [0.29, 0.717) is 12.1 Å². The number of carboxylic acid groups (broad SMARTS) is 1. The van der Waals surface area contributed by atoms with Gasteiger partial charge in [0.2, 0.25) is 0 Å². The first kappa shape index (κ1) is 17.8. The van der Waals surface area contributed by atoms with Gasteiger partial charge in [0.05, 0.1) is 12.8 Å². The van der Waals surface area contributed by atoms with Gasteiger partial charge in [-0.3, -0.25) is 0 Å². The predicted molar refractivity (Wildman–Crippen MR) is 109 cm³/mol. The number of hydrogen-bond acceptors (Lipinski definition) is 3. The number of nitrogens with one attached hydrogen (secondary N) is 1. The number of ether oxygens (including phenoxy) is 1. The van der Waals surface area contributed by atoms with Crippen molar-refractivity contribution in [2.45, 2.75) is 13.3 Å². The first-order valence-electron chi connectivity index (χ1n) is 9.00. The molecule has 5 heteroatoms. The molecule has 0 fully saturated rings. The summed E-state index contributed by atoms with van der Waals surface area (Å²) in [6.07, 6.45) is 0.524. The van der Waals surface area contributed by atoms with Crippen LogP contribution in [0.3, 0.4) is 0 Å². The van der Waals surface area contributed by atoms with Crippen molar-refractivity contribution in [2.24, 2.45) is 0 Å². The van der Waals surface area contributed by atoms with E-state index in [1.807, 2.05) is 24.3 Å². The van der Waals surface area contributed by atoms with Gasteiger partial charge in [-0.1, -0.05) is 35.9 Å². The van der Waals surface area contributed by atoms with Crippen molar-refractivity contribution in [1.82, 2.24) is 9.97 Å². The normalized spacial score (nSPS) is 10.9. The minimum atomic E-state index is -1.02. The number of benzene rings is 2. The molecule has 28 heavy (non-hydrogen) atoms. The molecular weight excluding hydrogens is 352 g/mol. The van der Waals surface area contributed by atoms with Crippen molar-refractivity contribution in [2.75, 3.05) is 7.11 Å². The third-order valence-electron chi connectivity index (χ3n) is 4.84. The Bertz CT molecular complexity index is 1160. The van der Waals surface area contributed by atoms with E-state index in [1.165, 1.54) is 11.6 Å². The number of methoxy groups -OCH3 is 1. The molecule has 2 heterocycles. The number of nitrogens with zero attached hydrogens (tertiary/aromatic N) is 1. The zero-order valence-electron chi connectivity index (χ0n) is 15.7. The number of carbonyl (C=O) groups is 1. The van der Waals surface area contributed by atoms with E-state index in [4.69, 9.17) is 4.74 Å². The molecule has 0 saturated carbocycles. The first-order chi connectivity index (χ1) is 13.5. The van der Waals surface area contributed by atoms with Crippen LogP contribution in [-0.2, 0) is 6.42 Å². The van der Waals surface area contributed by atoms with Gasteiger partial charge in [0, 0.05) is 29.1 Å². The Hall–Kier alpha value is -3.60. The van der Waals surface area contributed by atoms with Crippen LogP contribution in [0.4, 0.5) is 0 Å². The van der Waals surface area contributed by atoms with E-state index in [0.717, 1.165) is 33.5 Å². The van der Waals surface area contributed by atoms with Crippen molar-refractivity contribution >= 4 is 16.9 Å². The number of hydrogen-bond donors (Lipinski definition) is 2. The fourth-order valence-corrected chi connectivity index (χ4v) is 3.39. The number of rotatable bonds is 5. The quantitative estimate of drug-likeness (QED) is 0.526. The Morgan fingerprint density at radius 1 is 1.11 bits per heavy atom. The lowest BCUT2D eigenvalue weighted by molar-refractivity contribution is 0.0690. The summed E-state index contributed by atoms with van der Waals surface area (Å²) in [5.74, 6) is -0.244. The molecule has 4 rings (SSSR count). The summed E-state index contributed by atoms with van der Waals surface area (Å²) >= 11 is 0. The fraction of sp³-hybridized carbons (Fsp3) is 0.130.